The van der Waals surface area contributed by atoms with Crippen molar-refractivity contribution in [1.82, 2.24) is 9.62 Å². The van der Waals surface area contributed by atoms with Gasteiger partial charge in [-0.15, -0.1) is 0 Å². The number of hydrogen-bond donors (Lipinski definition) is 1. The zero-order valence-electron chi connectivity index (χ0n) is 17.6. The molecule has 0 saturated carbocycles. The van der Waals surface area contributed by atoms with Crippen molar-refractivity contribution in [2.75, 3.05) is 38.1 Å². The van der Waals surface area contributed by atoms with Crippen LogP contribution in [0.2, 0.25) is 0 Å². The monoisotopic (exact) mass is 442 g/mol. The van der Waals surface area contributed by atoms with Gasteiger partial charge in [-0.1, -0.05) is 24.3 Å². The fraction of sp³-hybridized carbons (Fsp3) is 0.364. The molecule has 2 heterocycles. The Morgan fingerprint density at radius 1 is 1.23 bits per heavy atom. The Labute approximate surface area is 182 Å². The number of hydrogen-bond acceptors (Lipinski definition) is 6. The number of ether oxygens (including phenoxy) is 1. The van der Waals surface area contributed by atoms with Gasteiger partial charge in [0.2, 0.25) is 5.91 Å². The molecule has 0 aliphatic carbocycles. The van der Waals surface area contributed by atoms with Crippen LogP contribution in [0.1, 0.15) is 18.9 Å². The van der Waals surface area contributed by atoms with Crippen molar-refractivity contribution in [3.8, 4) is 5.75 Å². The standard InChI is InChI=1S/C22H26N4O4S/c1-3-26-15-16(30-19-10-6-5-9-18(19)26)14-25(2)21(27)12-13-23-22-17-8-4-7-11-20(17)31(28,29)24-22/h4-11,16H,3,12-15H2,1-2H3,(H,23,24)/t16-/m1/s1. The molecule has 1 atom stereocenters. The van der Waals surface area contributed by atoms with Crippen LogP contribution in [0.5, 0.6) is 5.75 Å². The number of fused-ring (bicyclic) bond motifs is 2. The zero-order chi connectivity index (χ0) is 22.0. The molecule has 0 saturated heterocycles. The van der Waals surface area contributed by atoms with E-state index in [-0.39, 0.29) is 35.7 Å². The summed E-state index contributed by atoms with van der Waals surface area (Å²) in [5.41, 5.74) is 1.61. The van der Waals surface area contributed by atoms with Crippen molar-refractivity contribution >= 4 is 27.5 Å². The fourth-order valence-electron chi connectivity index (χ4n) is 3.89. The van der Waals surface area contributed by atoms with Gasteiger partial charge in [0.15, 0.2) is 0 Å². The summed E-state index contributed by atoms with van der Waals surface area (Å²) in [5, 5.41) is 0. The van der Waals surface area contributed by atoms with Crippen molar-refractivity contribution in [1.29, 1.82) is 0 Å². The van der Waals surface area contributed by atoms with Crippen molar-refractivity contribution in [2.45, 2.75) is 24.3 Å². The van der Waals surface area contributed by atoms with Gasteiger partial charge in [-0.25, -0.2) is 8.42 Å². The van der Waals surface area contributed by atoms with Crippen LogP contribution in [0.25, 0.3) is 0 Å². The van der Waals surface area contributed by atoms with Crippen LogP contribution in [-0.4, -0.2) is 64.4 Å². The minimum Gasteiger partial charge on any atom is -0.485 e. The van der Waals surface area contributed by atoms with Gasteiger partial charge >= 0.3 is 0 Å². The largest absolute Gasteiger partial charge is 0.485 e. The second-order valence-corrected chi connectivity index (χ2v) is 9.25. The summed E-state index contributed by atoms with van der Waals surface area (Å²) >= 11 is 0. The van der Waals surface area contributed by atoms with Crippen LogP contribution in [0.3, 0.4) is 0 Å². The first kappa shape index (κ1) is 21.2. The van der Waals surface area contributed by atoms with Crippen molar-refractivity contribution in [2.24, 2.45) is 4.99 Å². The van der Waals surface area contributed by atoms with E-state index < -0.39 is 10.0 Å². The molecule has 0 unspecified atom stereocenters. The number of amides is 1. The Balaban J connectivity index is 1.35. The molecule has 31 heavy (non-hydrogen) atoms. The van der Waals surface area contributed by atoms with Crippen LogP contribution >= 0.6 is 0 Å². The highest BCUT2D eigenvalue weighted by atomic mass is 32.2. The number of amidine groups is 1. The van der Waals surface area contributed by atoms with E-state index in [0.717, 1.165) is 18.0 Å². The van der Waals surface area contributed by atoms with Gasteiger partial charge in [-0.3, -0.25) is 14.5 Å². The SMILES string of the molecule is CCN1C[C@@H](CN(C)C(=O)CCN=C2NS(=O)(=O)c3ccccc32)Oc2ccccc21. The molecule has 0 aromatic heterocycles. The van der Waals surface area contributed by atoms with E-state index >= 15 is 0 Å². The summed E-state index contributed by atoms with van der Waals surface area (Å²) in [5.74, 6) is 1.06. The number of likely N-dealkylation sites (N-methyl/N-ethyl adjacent to an activating group) is 2. The first-order valence-electron chi connectivity index (χ1n) is 10.3. The number of nitrogens with one attached hydrogen (secondary N) is 1. The van der Waals surface area contributed by atoms with Gasteiger partial charge in [0.25, 0.3) is 10.0 Å². The molecular formula is C22H26N4O4S. The van der Waals surface area contributed by atoms with Crippen molar-refractivity contribution in [3.63, 3.8) is 0 Å². The number of nitrogens with zero attached hydrogens (tertiary/aromatic N) is 3. The van der Waals surface area contributed by atoms with E-state index in [2.05, 4.69) is 21.5 Å². The predicted octanol–water partition coefficient (Wildman–Crippen LogP) is 1.86. The van der Waals surface area contributed by atoms with Gasteiger partial charge < -0.3 is 14.5 Å². The van der Waals surface area contributed by atoms with Crippen LogP contribution in [-0.2, 0) is 14.8 Å². The Hall–Kier alpha value is -3.07. The zero-order valence-corrected chi connectivity index (χ0v) is 18.4. The minimum atomic E-state index is -3.57. The van der Waals surface area contributed by atoms with Crippen molar-refractivity contribution in [3.05, 3.63) is 54.1 Å². The molecule has 0 radical (unpaired) electrons. The summed E-state index contributed by atoms with van der Waals surface area (Å²) in [6.07, 6.45) is 0.0636. The van der Waals surface area contributed by atoms with Crippen LogP contribution in [0.4, 0.5) is 5.69 Å². The quantitative estimate of drug-likeness (QED) is 0.737. The predicted molar refractivity (Wildman–Crippen MR) is 119 cm³/mol. The third-order valence-corrected chi connectivity index (χ3v) is 6.86. The lowest BCUT2D eigenvalue weighted by atomic mass is 10.1. The number of anilines is 1. The van der Waals surface area contributed by atoms with Crippen LogP contribution in [0, 0.1) is 0 Å². The molecule has 2 aliphatic rings. The van der Waals surface area contributed by atoms with E-state index in [0.29, 0.717) is 18.7 Å². The second kappa shape index (κ2) is 8.58. The molecule has 2 aromatic carbocycles. The lowest BCUT2D eigenvalue weighted by Crippen LogP contribution is -2.46. The lowest BCUT2D eigenvalue weighted by Gasteiger charge is -2.37. The number of carbonyl (C=O) groups is 1. The number of benzene rings is 2. The van der Waals surface area contributed by atoms with Gasteiger partial charge in [0, 0.05) is 25.6 Å². The summed E-state index contributed by atoms with van der Waals surface area (Å²) in [7, 11) is -1.82. The third kappa shape index (κ3) is 4.36. The smallest absolute Gasteiger partial charge is 0.263 e. The molecule has 0 fully saturated rings. The van der Waals surface area contributed by atoms with E-state index in [9.17, 15) is 13.2 Å². The normalized spacial score (nSPS) is 19.9. The Bertz CT molecular complexity index is 1120. The van der Waals surface area contributed by atoms with E-state index in [1.165, 1.54) is 0 Å². The molecule has 0 spiro atoms. The first-order chi connectivity index (χ1) is 14.9. The maximum absolute atomic E-state index is 12.6. The molecule has 8 nitrogen and oxygen atoms in total. The highest BCUT2D eigenvalue weighted by Gasteiger charge is 2.30. The van der Waals surface area contributed by atoms with Gasteiger partial charge in [0.1, 0.15) is 17.7 Å². The summed E-state index contributed by atoms with van der Waals surface area (Å²) in [6, 6.07) is 14.6. The molecule has 1 amide bonds. The molecule has 2 aliphatic heterocycles. The Morgan fingerprint density at radius 3 is 2.77 bits per heavy atom. The first-order valence-corrected chi connectivity index (χ1v) is 11.8. The highest BCUT2D eigenvalue weighted by Crippen LogP contribution is 2.32. The van der Waals surface area contributed by atoms with Gasteiger partial charge in [-0.05, 0) is 31.2 Å². The van der Waals surface area contributed by atoms with Crippen LogP contribution < -0.4 is 14.4 Å². The van der Waals surface area contributed by atoms with Crippen molar-refractivity contribution < 1.29 is 17.9 Å². The average molecular weight is 443 g/mol. The number of rotatable bonds is 6. The van der Waals surface area contributed by atoms with E-state index in [1.807, 2.05) is 24.3 Å². The number of para-hydroxylation sites is 2. The van der Waals surface area contributed by atoms with Gasteiger partial charge in [-0.2, -0.15) is 0 Å². The average Bonchev–Trinajstić information content (AvgIpc) is 3.03. The fourth-order valence-corrected chi connectivity index (χ4v) is 5.14. The maximum Gasteiger partial charge on any atom is 0.263 e. The minimum absolute atomic E-state index is 0.0657. The van der Waals surface area contributed by atoms with E-state index in [1.54, 1.807) is 36.2 Å². The molecule has 9 heteroatoms. The maximum atomic E-state index is 12.6. The second-order valence-electron chi connectivity index (χ2n) is 7.60. The van der Waals surface area contributed by atoms with Gasteiger partial charge in [0.05, 0.1) is 30.2 Å². The Morgan fingerprint density at radius 2 is 1.97 bits per heavy atom. The summed E-state index contributed by atoms with van der Waals surface area (Å²) in [4.78, 5) is 21.0. The molecule has 1 N–H and O–H groups in total. The highest BCUT2D eigenvalue weighted by molar-refractivity contribution is 7.90. The topological polar surface area (TPSA) is 91.3 Å². The molecule has 4 rings (SSSR count). The summed E-state index contributed by atoms with van der Waals surface area (Å²) in [6.45, 7) is 4.35. The number of sulfonamides is 1. The molecule has 164 valence electrons. The van der Waals surface area contributed by atoms with Crippen LogP contribution in [0.15, 0.2) is 58.4 Å². The summed E-state index contributed by atoms with van der Waals surface area (Å²) < 4.78 is 32.8. The third-order valence-electron chi connectivity index (χ3n) is 5.47. The molecule has 0 bridgehead atoms. The molecular weight excluding hydrogens is 416 g/mol. The van der Waals surface area contributed by atoms with E-state index in [4.69, 9.17) is 4.74 Å². The Kier molecular flexibility index (Phi) is 5.86. The lowest BCUT2D eigenvalue weighted by molar-refractivity contribution is -0.130. The number of carbonyl (C=O) groups excluding carboxylic acids is 1. The number of aliphatic imine (C=N–C) groups is 1. The molecule has 2 aromatic rings.